The van der Waals surface area contributed by atoms with Crippen molar-refractivity contribution in [3.8, 4) is 0 Å². The lowest BCUT2D eigenvalue weighted by Gasteiger charge is -2.47. The zero-order chi connectivity index (χ0) is 24.7. The van der Waals surface area contributed by atoms with E-state index in [1.165, 1.54) is 16.7 Å². The van der Waals surface area contributed by atoms with E-state index in [9.17, 15) is 24.3 Å². The molecule has 11 nitrogen and oxygen atoms in total. The summed E-state index contributed by atoms with van der Waals surface area (Å²) < 4.78 is 0. The molecule has 0 spiro atoms. The predicted octanol–water partition coefficient (Wildman–Crippen LogP) is -1.49. The number of amides is 3. The summed E-state index contributed by atoms with van der Waals surface area (Å²) in [6, 6.07) is -0.983. The molecule has 3 fully saturated rings. The highest BCUT2D eigenvalue weighted by Gasteiger charge is 2.60. The van der Waals surface area contributed by atoms with Crippen LogP contribution in [0.1, 0.15) is 26.7 Å². The van der Waals surface area contributed by atoms with Gasteiger partial charge in [0, 0.05) is 47.8 Å². The van der Waals surface area contributed by atoms with Gasteiger partial charge in [0.1, 0.15) is 5.70 Å². The third kappa shape index (κ3) is 4.43. The minimum Gasteiger partial charge on any atom is -0.477 e. The average Bonchev–Trinajstić information content (AvgIpc) is 3.46. The van der Waals surface area contributed by atoms with Crippen LogP contribution >= 0.6 is 11.8 Å². The molecular weight excluding hydrogens is 460 g/mol. The summed E-state index contributed by atoms with van der Waals surface area (Å²) in [5.41, 5.74) is 5.97. The molecule has 0 aromatic carbocycles. The molecule has 0 saturated carbocycles. The molecular formula is C22H34N6O5S. The molecule has 0 aromatic rings. The van der Waals surface area contributed by atoms with Gasteiger partial charge in [-0.15, -0.1) is 11.8 Å². The van der Waals surface area contributed by atoms with Crippen LogP contribution in [-0.4, -0.2) is 101 Å². The molecule has 7 atom stereocenters. The van der Waals surface area contributed by atoms with Gasteiger partial charge in [-0.3, -0.25) is 14.4 Å². The van der Waals surface area contributed by atoms with Crippen molar-refractivity contribution in [1.29, 1.82) is 0 Å². The van der Waals surface area contributed by atoms with Crippen molar-refractivity contribution in [2.24, 2.45) is 17.6 Å². The van der Waals surface area contributed by atoms with Gasteiger partial charge in [0.05, 0.1) is 24.5 Å². The summed E-state index contributed by atoms with van der Waals surface area (Å²) in [6.45, 7) is 5.70. The number of nitrogens with one attached hydrogen (secondary N) is 3. The van der Waals surface area contributed by atoms with E-state index in [0.29, 0.717) is 31.0 Å². The number of thioether (sulfide) groups is 1. The molecule has 0 radical (unpaired) electrons. The lowest BCUT2D eigenvalue weighted by molar-refractivity contribution is -0.158. The number of aliphatic carboxylic acids is 1. The van der Waals surface area contributed by atoms with Crippen molar-refractivity contribution in [2.75, 3.05) is 33.2 Å². The summed E-state index contributed by atoms with van der Waals surface area (Å²) in [6.07, 6.45) is 1.40. The monoisotopic (exact) mass is 494 g/mol. The highest BCUT2D eigenvalue weighted by molar-refractivity contribution is 8.03. The molecule has 34 heavy (non-hydrogen) atoms. The summed E-state index contributed by atoms with van der Waals surface area (Å²) in [5, 5.41) is 18.9. The Morgan fingerprint density at radius 3 is 2.71 bits per heavy atom. The van der Waals surface area contributed by atoms with Gasteiger partial charge in [-0.1, -0.05) is 6.92 Å². The fourth-order valence-corrected chi connectivity index (χ4v) is 7.10. The lowest BCUT2D eigenvalue weighted by Crippen LogP contribution is -2.66. The number of rotatable bonds is 8. The topological polar surface area (TPSA) is 157 Å². The van der Waals surface area contributed by atoms with E-state index in [-0.39, 0.29) is 59.3 Å². The first-order valence-electron chi connectivity index (χ1n) is 11.8. The number of likely N-dealkylation sites (N-methyl/N-ethyl adjacent to an activating group) is 1. The van der Waals surface area contributed by atoms with Crippen LogP contribution in [0.5, 0.6) is 0 Å². The van der Waals surface area contributed by atoms with Gasteiger partial charge < -0.3 is 36.6 Å². The minimum atomic E-state index is -1.12. The number of hydrogen-bond donors (Lipinski definition) is 5. The first-order valence-corrected chi connectivity index (χ1v) is 12.7. The molecule has 4 rings (SSSR count). The highest BCUT2D eigenvalue weighted by Crippen LogP contribution is 2.51. The Morgan fingerprint density at radius 2 is 2.09 bits per heavy atom. The number of carboxylic acids is 1. The molecule has 4 heterocycles. The molecule has 3 saturated heterocycles. The van der Waals surface area contributed by atoms with E-state index in [1.54, 1.807) is 18.9 Å². The van der Waals surface area contributed by atoms with Crippen molar-refractivity contribution in [3.05, 3.63) is 10.6 Å². The van der Waals surface area contributed by atoms with E-state index in [2.05, 4.69) is 16.0 Å². The molecule has 4 aliphatic rings. The Balaban J connectivity index is 1.43. The largest absolute Gasteiger partial charge is 0.477 e. The van der Waals surface area contributed by atoms with Gasteiger partial charge >= 0.3 is 5.97 Å². The van der Waals surface area contributed by atoms with Crippen LogP contribution < -0.4 is 21.7 Å². The van der Waals surface area contributed by atoms with Gasteiger partial charge in [-0.2, -0.15) is 0 Å². The van der Waals surface area contributed by atoms with Crippen molar-refractivity contribution in [2.45, 2.75) is 56.1 Å². The van der Waals surface area contributed by atoms with Crippen molar-refractivity contribution in [3.63, 3.8) is 0 Å². The molecule has 6 N–H and O–H groups in total. The van der Waals surface area contributed by atoms with E-state index >= 15 is 0 Å². The number of likely N-dealkylation sites (tertiary alicyclic amines) is 1. The average molecular weight is 495 g/mol. The summed E-state index contributed by atoms with van der Waals surface area (Å²) in [5.74, 6) is -2.20. The first-order chi connectivity index (χ1) is 16.1. The van der Waals surface area contributed by atoms with E-state index in [4.69, 9.17) is 5.73 Å². The molecule has 0 unspecified atom stereocenters. The van der Waals surface area contributed by atoms with E-state index in [0.717, 1.165) is 6.42 Å². The molecule has 188 valence electrons. The standard InChI is InChI=1S/C22H34N6O5S/c1-10-17-16(11(2)26-15(29)8-24-3)21(31)28(17)18(22(32)33)19(10)34-13-6-14(25-7-13)20(30)27-5-4-12(23)9-27/h10-14,16-17,24-25H,4-9,23H2,1-3H3,(H,26,29)(H,32,33)/t10-,11-,12-,13-,14+,16-,17-/m1/s1. The molecule has 0 bridgehead atoms. The second-order valence-electron chi connectivity index (χ2n) is 9.69. The minimum absolute atomic E-state index is 0.0250. The first kappa shape index (κ1) is 25.0. The summed E-state index contributed by atoms with van der Waals surface area (Å²) in [7, 11) is 1.67. The van der Waals surface area contributed by atoms with Crippen LogP contribution in [0, 0.1) is 11.8 Å². The number of carbonyl (C=O) groups is 4. The van der Waals surface area contributed by atoms with Crippen LogP contribution in [0.4, 0.5) is 0 Å². The van der Waals surface area contributed by atoms with Gasteiger partial charge in [0.25, 0.3) is 0 Å². The van der Waals surface area contributed by atoms with Crippen LogP contribution in [-0.2, 0) is 19.2 Å². The van der Waals surface area contributed by atoms with Crippen LogP contribution in [0.2, 0.25) is 0 Å². The zero-order valence-corrected chi connectivity index (χ0v) is 20.6. The Labute approximate surface area is 203 Å². The van der Waals surface area contributed by atoms with Crippen molar-refractivity contribution >= 4 is 35.5 Å². The zero-order valence-electron chi connectivity index (χ0n) is 19.7. The predicted molar refractivity (Wildman–Crippen MR) is 126 cm³/mol. The Kier molecular flexibility index (Phi) is 7.22. The third-order valence-corrected chi connectivity index (χ3v) is 8.79. The van der Waals surface area contributed by atoms with E-state index in [1.807, 2.05) is 6.92 Å². The highest BCUT2D eigenvalue weighted by atomic mass is 32.2. The Morgan fingerprint density at radius 1 is 1.35 bits per heavy atom. The summed E-state index contributed by atoms with van der Waals surface area (Å²) >= 11 is 1.46. The second kappa shape index (κ2) is 9.84. The summed E-state index contributed by atoms with van der Waals surface area (Å²) in [4.78, 5) is 53.8. The fraction of sp³-hybridized carbons (Fsp3) is 0.727. The van der Waals surface area contributed by atoms with Gasteiger partial charge in [-0.05, 0) is 26.8 Å². The maximum absolute atomic E-state index is 13.0. The molecule has 4 aliphatic heterocycles. The number of hydrogen-bond acceptors (Lipinski definition) is 8. The lowest BCUT2D eigenvalue weighted by atomic mass is 9.78. The van der Waals surface area contributed by atoms with Gasteiger partial charge in [0.15, 0.2) is 0 Å². The fourth-order valence-electron chi connectivity index (χ4n) is 5.62. The normalized spacial score (nSPS) is 33.7. The Bertz CT molecular complexity index is 912. The smallest absolute Gasteiger partial charge is 0.353 e. The van der Waals surface area contributed by atoms with Crippen molar-refractivity contribution in [1.82, 2.24) is 25.8 Å². The second-order valence-corrected chi connectivity index (χ2v) is 11.0. The third-order valence-electron chi connectivity index (χ3n) is 7.27. The molecule has 12 heteroatoms. The molecule has 0 aliphatic carbocycles. The van der Waals surface area contributed by atoms with E-state index < -0.39 is 17.9 Å². The maximum Gasteiger partial charge on any atom is 0.353 e. The quantitative estimate of drug-likeness (QED) is 0.254. The van der Waals surface area contributed by atoms with Crippen LogP contribution in [0.3, 0.4) is 0 Å². The number of nitrogens with two attached hydrogens (primary N) is 1. The molecule has 0 aromatic heterocycles. The van der Waals surface area contributed by atoms with Crippen molar-refractivity contribution < 1.29 is 24.3 Å². The number of carbonyl (C=O) groups excluding carboxylic acids is 3. The van der Waals surface area contributed by atoms with Gasteiger partial charge in [0.2, 0.25) is 17.7 Å². The molecule has 3 amide bonds. The Hall–Kier alpha value is -2.15. The van der Waals surface area contributed by atoms with Crippen LogP contribution in [0.15, 0.2) is 10.6 Å². The SMILES string of the molecule is CNCC(=O)N[C@H](C)[C@H]1C(=O)N2C(C(=O)O)=C(S[C@H]3CN[C@H](C(=O)N4CC[C@@H](N)C4)C3)[C@H](C)[C@H]12. The van der Waals surface area contributed by atoms with Gasteiger partial charge in [-0.25, -0.2) is 4.79 Å². The number of fused-ring (bicyclic) bond motifs is 1. The number of β-lactam (4-membered cyclic amide) rings is 1. The number of carboxylic acid groups (broad SMARTS) is 1. The van der Waals surface area contributed by atoms with Crippen LogP contribution in [0.25, 0.3) is 0 Å². The maximum atomic E-state index is 13.0. The number of nitrogens with zero attached hydrogens (tertiary/aromatic N) is 2.